The zero-order valence-electron chi connectivity index (χ0n) is 14.1. The summed E-state index contributed by atoms with van der Waals surface area (Å²) >= 11 is 0. The minimum absolute atomic E-state index is 0.281. The lowest BCUT2D eigenvalue weighted by molar-refractivity contribution is -0.0739. The lowest BCUT2D eigenvalue weighted by Gasteiger charge is -2.36. The summed E-state index contributed by atoms with van der Waals surface area (Å²) in [5.74, 6) is 0.714. The van der Waals surface area contributed by atoms with Crippen molar-refractivity contribution >= 4 is 0 Å². The molecule has 1 aliphatic heterocycles. The molecule has 0 bridgehead atoms. The Labute approximate surface area is 126 Å². The van der Waals surface area contributed by atoms with Gasteiger partial charge in [-0.15, -0.1) is 0 Å². The fourth-order valence-corrected chi connectivity index (χ4v) is 4.00. The van der Waals surface area contributed by atoms with E-state index in [1.165, 1.54) is 51.4 Å². The third-order valence-corrected chi connectivity index (χ3v) is 5.52. The molecule has 1 spiro atoms. The van der Waals surface area contributed by atoms with Crippen LogP contribution in [0.15, 0.2) is 0 Å². The Bertz CT molecular complexity index is 288. The molecule has 1 aliphatic carbocycles. The second-order valence-corrected chi connectivity index (χ2v) is 8.13. The Morgan fingerprint density at radius 3 is 2.45 bits per heavy atom. The van der Waals surface area contributed by atoms with Gasteiger partial charge in [0, 0.05) is 0 Å². The quantitative estimate of drug-likeness (QED) is 0.799. The van der Waals surface area contributed by atoms with Gasteiger partial charge >= 0.3 is 0 Å². The van der Waals surface area contributed by atoms with E-state index in [0.29, 0.717) is 17.4 Å². The SMILES string of the molecule is CCNCC(CC1CCC2(CCCCC2)O1)C(C)(C)C. The maximum absolute atomic E-state index is 6.57. The van der Waals surface area contributed by atoms with Crippen LogP contribution in [0.3, 0.4) is 0 Å². The first kappa shape index (κ1) is 16.3. The first-order valence-electron chi connectivity index (χ1n) is 8.84. The third kappa shape index (κ3) is 4.21. The Hall–Kier alpha value is -0.0800. The molecule has 2 heteroatoms. The van der Waals surface area contributed by atoms with Crippen molar-refractivity contribution in [2.24, 2.45) is 11.3 Å². The topological polar surface area (TPSA) is 21.3 Å². The summed E-state index contributed by atoms with van der Waals surface area (Å²) in [5.41, 5.74) is 0.650. The molecule has 2 rings (SSSR count). The number of nitrogens with one attached hydrogen (secondary N) is 1. The molecular weight excluding hydrogens is 246 g/mol. The van der Waals surface area contributed by atoms with Crippen molar-refractivity contribution in [3.05, 3.63) is 0 Å². The predicted molar refractivity (Wildman–Crippen MR) is 86.0 cm³/mol. The highest BCUT2D eigenvalue weighted by Crippen LogP contribution is 2.44. The van der Waals surface area contributed by atoms with Crippen LogP contribution in [0, 0.1) is 11.3 Å². The Morgan fingerprint density at radius 1 is 1.15 bits per heavy atom. The number of rotatable bonds is 5. The van der Waals surface area contributed by atoms with E-state index >= 15 is 0 Å². The van der Waals surface area contributed by atoms with Gasteiger partial charge in [-0.2, -0.15) is 0 Å². The minimum atomic E-state index is 0.281. The molecule has 0 aromatic carbocycles. The maximum Gasteiger partial charge on any atom is 0.0687 e. The molecule has 118 valence electrons. The van der Waals surface area contributed by atoms with Gasteiger partial charge in [-0.05, 0) is 56.5 Å². The fourth-order valence-electron chi connectivity index (χ4n) is 4.00. The van der Waals surface area contributed by atoms with E-state index in [4.69, 9.17) is 4.74 Å². The smallest absolute Gasteiger partial charge is 0.0687 e. The third-order valence-electron chi connectivity index (χ3n) is 5.52. The van der Waals surface area contributed by atoms with Crippen LogP contribution in [0.1, 0.15) is 79.1 Å². The molecule has 2 unspecified atom stereocenters. The molecule has 1 saturated carbocycles. The van der Waals surface area contributed by atoms with Crippen molar-refractivity contribution in [1.29, 1.82) is 0 Å². The molecule has 0 aromatic heterocycles. The van der Waals surface area contributed by atoms with E-state index in [1.54, 1.807) is 0 Å². The summed E-state index contributed by atoms with van der Waals surface area (Å²) in [6.45, 7) is 11.5. The van der Waals surface area contributed by atoms with Gasteiger partial charge in [-0.3, -0.25) is 0 Å². The van der Waals surface area contributed by atoms with Crippen LogP contribution >= 0.6 is 0 Å². The van der Waals surface area contributed by atoms with Crippen LogP contribution in [-0.2, 0) is 4.74 Å². The fraction of sp³-hybridized carbons (Fsp3) is 1.00. The second-order valence-electron chi connectivity index (χ2n) is 8.13. The molecule has 2 aliphatic rings. The van der Waals surface area contributed by atoms with Crippen molar-refractivity contribution in [3.8, 4) is 0 Å². The van der Waals surface area contributed by atoms with E-state index in [1.807, 2.05) is 0 Å². The van der Waals surface area contributed by atoms with Crippen LogP contribution in [0.25, 0.3) is 0 Å². The van der Waals surface area contributed by atoms with Crippen LogP contribution < -0.4 is 5.32 Å². The van der Waals surface area contributed by atoms with Gasteiger partial charge in [-0.1, -0.05) is 47.0 Å². The van der Waals surface area contributed by atoms with E-state index in [-0.39, 0.29) is 5.60 Å². The normalized spacial score (nSPS) is 27.9. The summed E-state index contributed by atoms with van der Waals surface area (Å²) in [6, 6.07) is 0. The zero-order chi connectivity index (χ0) is 14.6. The Balaban J connectivity index is 1.88. The first-order valence-corrected chi connectivity index (χ1v) is 8.84. The van der Waals surface area contributed by atoms with Crippen molar-refractivity contribution in [2.45, 2.75) is 90.8 Å². The highest BCUT2D eigenvalue weighted by molar-refractivity contribution is 4.92. The number of hydrogen-bond donors (Lipinski definition) is 1. The summed E-state index contributed by atoms with van der Waals surface area (Å²) in [5, 5.41) is 3.54. The van der Waals surface area contributed by atoms with Gasteiger partial charge in [0.15, 0.2) is 0 Å². The molecule has 0 amide bonds. The molecule has 1 N–H and O–H groups in total. The monoisotopic (exact) mass is 281 g/mol. The maximum atomic E-state index is 6.57. The van der Waals surface area contributed by atoms with Crippen molar-refractivity contribution in [2.75, 3.05) is 13.1 Å². The van der Waals surface area contributed by atoms with E-state index in [2.05, 4.69) is 33.0 Å². The molecule has 0 aromatic rings. The Kier molecular flexibility index (Phi) is 5.53. The Morgan fingerprint density at radius 2 is 1.85 bits per heavy atom. The molecule has 2 nitrogen and oxygen atoms in total. The molecule has 2 fully saturated rings. The van der Waals surface area contributed by atoms with Gasteiger partial charge in [-0.25, -0.2) is 0 Å². The second kappa shape index (κ2) is 6.79. The zero-order valence-corrected chi connectivity index (χ0v) is 14.1. The van der Waals surface area contributed by atoms with Crippen molar-refractivity contribution < 1.29 is 4.74 Å². The van der Waals surface area contributed by atoms with Crippen molar-refractivity contribution in [1.82, 2.24) is 5.32 Å². The van der Waals surface area contributed by atoms with Gasteiger partial charge in [0.25, 0.3) is 0 Å². The summed E-state index contributed by atoms with van der Waals surface area (Å²) in [4.78, 5) is 0. The average Bonchev–Trinajstić information content (AvgIpc) is 2.77. The van der Waals surface area contributed by atoms with Gasteiger partial charge in [0.05, 0.1) is 11.7 Å². The predicted octanol–water partition coefficient (Wildman–Crippen LogP) is 4.53. The molecule has 20 heavy (non-hydrogen) atoms. The molecule has 1 heterocycles. The van der Waals surface area contributed by atoms with Crippen LogP contribution in [0.2, 0.25) is 0 Å². The molecular formula is C18H35NO. The number of ether oxygens (including phenoxy) is 1. The lowest BCUT2D eigenvalue weighted by Crippen LogP contribution is -2.36. The molecule has 2 atom stereocenters. The lowest BCUT2D eigenvalue weighted by atomic mass is 9.77. The van der Waals surface area contributed by atoms with E-state index in [9.17, 15) is 0 Å². The molecule has 1 saturated heterocycles. The van der Waals surface area contributed by atoms with E-state index < -0.39 is 0 Å². The van der Waals surface area contributed by atoms with E-state index in [0.717, 1.165) is 13.1 Å². The van der Waals surface area contributed by atoms with Crippen LogP contribution in [0.5, 0.6) is 0 Å². The first-order chi connectivity index (χ1) is 9.45. The largest absolute Gasteiger partial charge is 0.372 e. The van der Waals surface area contributed by atoms with Gasteiger partial charge < -0.3 is 10.1 Å². The summed E-state index contributed by atoms with van der Waals surface area (Å²) in [7, 11) is 0. The average molecular weight is 281 g/mol. The highest BCUT2D eigenvalue weighted by atomic mass is 16.5. The van der Waals surface area contributed by atoms with Gasteiger partial charge in [0.2, 0.25) is 0 Å². The summed E-state index contributed by atoms with van der Waals surface area (Å²) in [6.07, 6.45) is 11.2. The van der Waals surface area contributed by atoms with Crippen LogP contribution in [-0.4, -0.2) is 24.8 Å². The highest BCUT2D eigenvalue weighted by Gasteiger charge is 2.42. The standard InChI is InChI=1S/C18H35NO/c1-5-19-14-15(17(2,3)4)13-16-9-12-18(20-16)10-7-6-8-11-18/h15-16,19H,5-14H2,1-4H3. The van der Waals surface area contributed by atoms with Crippen LogP contribution in [0.4, 0.5) is 0 Å². The van der Waals surface area contributed by atoms with Crippen molar-refractivity contribution in [3.63, 3.8) is 0 Å². The van der Waals surface area contributed by atoms with Gasteiger partial charge in [0.1, 0.15) is 0 Å². The molecule has 0 radical (unpaired) electrons. The minimum Gasteiger partial charge on any atom is -0.372 e. The number of hydrogen-bond acceptors (Lipinski definition) is 2. The summed E-state index contributed by atoms with van der Waals surface area (Å²) < 4.78 is 6.57.